The molecule has 0 saturated heterocycles. The van der Waals surface area contributed by atoms with Crippen LogP contribution in [-0.2, 0) is 9.59 Å². The molecule has 0 aliphatic heterocycles. The van der Waals surface area contributed by atoms with Crippen molar-refractivity contribution in [2.45, 2.75) is 13.8 Å². The number of methoxy groups -OCH3 is 1. The molecule has 0 aliphatic carbocycles. The Kier molecular flexibility index (Phi) is 8.03. The zero-order chi connectivity index (χ0) is 24.5. The molecule has 7 heteroatoms. The van der Waals surface area contributed by atoms with Crippen molar-refractivity contribution in [2.24, 2.45) is 0 Å². The summed E-state index contributed by atoms with van der Waals surface area (Å²) in [4.78, 5) is 25.0. The summed E-state index contributed by atoms with van der Waals surface area (Å²) in [5.74, 6) is -0.0882. The summed E-state index contributed by atoms with van der Waals surface area (Å²) < 4.78 is 11.0. The monoisotopic (exact) mass is 455 g/mol. The van der Waals surface area contributed by atoms with Gasteiger partial charge in [-0.05, 0) is 61.9 Å². The van der Waals surface area contributed by atoms with Crippen LogP contribution in [0.5, 0.6) is 11.5 Å². The van der Waals surface area contributed by atoms with Gasteiger partial charge in [0.05, 0.1) is 7.11 Å². The van der Waals surface area contributed by atoms with E-state index < -0.39 is 5.91 Å². The lowest BCUT2D eigenvalue weighted by Crippen LogP contribution is -2.20. The second-order valence-corrected chi connectivity index (χ2v) is 7.60. The first-order chi connectivity index (χ1) is 16.4. The van der Waals surface area contributed by atoms with Crippen LogP contribution in [-0.4, -0.2) is 25.5 Å². The van der Waals surface area contributed by atoms with E-state index in [0.29, 0.717) is 28.4 Å². The predicted octanol–water partition coefficient (Wildman–Crippen LogP) is 4.88. The number of carbonyl (C=O) groups is 2. The van der Waals surface area contributed by atoms with Crippen LogP contribution in [0.2, 0.25) is 0 Å². The van der Waals surface area contributed by atoms with Crippen LogP contribution >= 0.6 is 0 Å². The van der Waals surface area contributed by atoms with Gasteiger partial charge in [-0.15, -0.1) is 0 Å². The topological polar surface area (TPSA) is 100 Å². The van der Waals surface area contributed by atoms with E-state index in [9.17, 15) is 14.9 Å². The first kappa shape index (κ1) is 24.1. The van der Waals surface area contributed by atoms with Crippen molar-refractivity contribution >= 4 is 29.3 Å². The SMILES string of the molecule is COc1ccc(/C=C(\C#N)C(=O)Nc2ccc(C)cc2)c(OCC(=O)Nc2cccc(C)c2)c1. The molecule has 0 bridgehead atoms. The molecule has 0 atom stereocenters. The van der Waals surface area contributed by atoms with Crippen molar-refractivity contribution in [1.82, 2.24) is 0 Å². The van der Waals surface area contributed by atoms with Crippen LogP contribution in [0.4, 0.5) is 11.4 Å². The first-order valence-corrected chi connectivity index (χ1v) is 10.5. The number of nitrogens with zero attached hydrogens (tertiary/aromatic N) is 1. The van der Waals surface area contributed by atoms with E-state index in [1.54, 1.807) is 36.4 Å². The zero-order valence-electron chi connectivity index (χ0n) is 19.2. The summed E-state index contributed by atoms with van der Waals surface area (Å²) in [6.45, 7) is 3.61. The van der Waals surface area contributed by atoms with E-state index in [1.807, 2.05) is 50.2 Å². The van der Waals surface area contributed by atoms with Crippen LogP contribution < -0.4 is 20.1 Å². The minimum Gasteiger partial charge on any atom is -0.497 e. The number of nitrogens with one attached hydrogen (secondary N) is 2. The van der Waals surface area contributed by atoms with E-state index >= 15 is 0 Å². The Hall–Kier alpha value is -4.57. The van der Waals surface area contributed by atoms with Crippen LogP contribution in [0.3, 0.4) is 0 Å². The van der Waals surface area contributed by atoms with Gasteiger partial charge in [0.1, 0.15) is 23.1 Å². The molecule has 0 heterocycles. The number of amides is 2. The Labute approximate surface area is 198 Å². The number of nitriles is 1. The van der Waals surface area contributed by atoms with Gasteiger partial charge in [-0.1, -0.05) is 29.8 Å². The second kappa shape index (κ2) is 11.3. The van der Waals surface area contributed by atoms with E-state index in [-0.39, 0.29) is 18.1 Å². The van der Waals surface area contributed by atoms with Crippen LogP contribution in [0, 0.1) is 25.2 Å². The molecule has 7 nitrogen and oxygen atoms in total. The van der Waals surface area contributed by atoms with Gasteiger partial charge in [-0.2, -0.15) is 5.26 Å². The molecule has 2 N–H and O–H groups in total. The van der Waals surface area contributed by atoms with E-state index in [1.165, 1.54) is 13.2 Å². The van der Waals surface area contributed by atoms with Gasteiger partial charge in [0.15, 0.2) is 6.61 Å². The van der Waals surface area contributed by atoms with Crippen molar-refractivity contribution < 1.29 is 19.1 Å². The fourth-order valence-electron chi connectivity index (χ4n) is 3.09. The van der Waals surface area contributed by atoms with Crippen molar-refractivity contribution in [3.8, 4) is 17.6 Å². The predicted molar refractivity (Wildman–Crippen MR) is 132 cm³/mol. The molecule has 34 heavy (non-hydrogen) atoms. The number of hydrogen-bond donors (Lipinski definition) is 2. The third-order valence-corrected chi connectivity index (χ3v) is 4.86. The molecule has 172 valence electrons. The van der Waals surface area contributed by atoms with Gasteiger partial charge in [-0.3, -0.25) is 9.59 Å². The molecule has 0 spiro atoms. The van der Waals surface area contributed by atoms with Gasteiger partial charge in [0.25, 0.3) is 11.8 Å². The van der Waals surface area contributed by atoms with Crippen LogP contribution in [0.1, 0.15) is 16.7 Å². The molecule has 3 aromatic rings. The Morgan fingerprint density at radius 2 is 1.71 bits per heavy atom. The van der Waals surface area contributed by atoms with Gasteiger partial charge in [0, 0.05) is 23.0 Å². The fourth-order valence-corrected chi connectivity index (χ4v) is 3.09. The van der Waals surface area contributed by atoms with Crippen molar-refractivity contribution in [3.05, 3.63) is 89.0 Å². The average molecular weight is 456 g/mol. The third-order valence-electron chi connectivity index (χ3n) is 4.86. The number of anilines is 2. The molecule has 0 saturated carbocycles. The maximum absolute atomic E-state index is 12.6. The van der Waals surface area contributed by atoms with E-state index in [2.05, 4.69) is 10.6 Å². The Morgan fingerprint density at radius 1 is 0.941 bits per heavy atom. The largest absolute Gasteiger partial charge is 0.497 e. The summed E-state index contributed by atoms with van der Waals surface area (Å²) >= 11 is 0. The minimum absolute atomic E-state index is 0.111. The third kappa shape index (κ3) is 6.71. The van der Waals surface area contributed by atoms with E-state index in [4.69, 9.17) is 9.47 Å². The molecular weight excluding hydrogens is 430 g/mol. The molecule has 0 aliphatic rings. The summed E-state index contributed by atoms with van der Waals surface area (Å²) in [7, 11) is 1.51. The number of aryl methyl sites for hydroxylation is 2. The molecule has 0 unspecified atom stereocenters. The number of rotatable bonds is 8. The maximum Gasteiger partial charge on any atom is 0.266 e. The number of hydrogen-bond acceptors (Lipinski definition) is 5. The number of benzene rings is 3. The summed E-state index contributed by atoms with van der Waals surface area (Å²) in [5, 5.41) is 15.0. The Bertz CT molecular complexity index is 1260. The van der Waals surface area contributed by atoms with Crippen molar-refractivity contribution in [3.63, 3.8) is 0 Å². The average Bonchev–Trinajstić information content (AvgIpc) is 2.83. The highest BCUT2D eigenvalue weighted by molar-refractivity contribution is 6.09. The highest BCUT2D eigenvalue weighted by atomic mass is 16.5. The second-order valence-electron chi connectivity index (χ2n) is 7.60. The minimum atomic E-state index is -0.551. The molecule has 0 radical (unpaired) electrons. The van der Waals surface area contributed by atoms with Crippen LogP contribution in [0.15, 0.2) is 72.3 Å². The Morgan fingerprint density at radius 3 is 2.38 bits per heavy atom. The van der Waals surface area contributed by atoms with Crippen LogP contribution in [0.25, 0.3) is 6.08 Å². The first-order valence-electron chi connectivity index (χ1n) is 10.5. The van der Waals surface area contributed by atoms with Gasteiger partial charge >= 0.3 is 0 Å². The van der Waals surface area contributed by atoms with Crippen molar-refractivity contribution in [2.75, 3.05) is 24.4 Å². The summed E-state index contributed by atoms with van der Waals surface area (Å²) in [6.07, 6.45) is 1.41. The van der Waals surface area contributed by atoms with Gasteiger partial charge in [-0.25, -0.2) is 0 Å². The molecule has 0 aromatic heterocycles. The van der Waals surface area contributed by atoms with E-state index in [0.717, 1.165) is 11.1 Å². The number of carbonyl (C=O) groups excluding carboxylic acids is 2. The fraction of sp³-hybridized carbons (Fsp3) is 0.148. The normalized spacial score (nSPS) is 10.7. The highest BCUT2D eigenvalue weighted by Gasteiger charge is 2.13. The molecule has 2 amide bonds. The smallest absolute Gasteiger partial charge is 0.266 e. The molecule has 3 aromatic carbocycles. The molecular formula is C27H25N3O4. The summed E-state index contributed by atoms with van der Waals surface area (Å²) in [5.41, 5.74) is 3.67. The zero-order valence-corrected chi connectivity index (χ0v) is 19.2. The lowest BCUT2D eigenvalue weighted by molar-refractivity contribution is -0.118. The highest BCUT2D eigenvalue weighted by Crippen LogP contribution is 2.27. The number of ether oxygens (including phenoxy) is 2. The van der Waals surface area contributed by atoms with Gasteiger partial charge in [0.2, 0.25) is 0 Å². The maximum atomic E-state index is 12.6. The van der Waals surface area contributed by atoms with Crippen molar-refractivity contribution in [1.29, 1.82) is 5.26 Å². The standard InChI is InChI=1S/C27H25N3O4/c1-18-7-10-22(11-8-18)30-27(32)21(16-28)14-20-9-12-24(33-3)15-25(20)34-17-26(31)29-23-6-4-5-19(2)13-23/h4-15H,17H2,1-3H3,(H,29,31)(H,30,32)/b21-14+. The molecule has 3 rings (SSSR count). The lowest BCUT2D eigenvalue weighted by Gasteiger charge is -2.12. The quantitative estimate of drug-likeness (QED) is 0.373. The lowest BCUT2D eigenvalue weighted by atomic mass is 10.1. The van der Waals surface area contributed by atoms with Gasteiger partial charge < -0.3 is 20.1 Å². The molecule has 0 fully saturated rings. The Balaban J connectivity index is 1.77. The summed E-state index contributed by atoms with van der Waals surface area (Å²) in [6, 6.07) is 21.5.